The van der Waals surface area contributed by atoms with Crippen molar-refractivity contribution in [1.29, 1.82) is 0 Å². The summed E-state index contributed by atoms with van der Waals surface area (Å²) >= 11 is 0. The van der Waals surface area contributed by atoms with Crippen molar-refractivity contribution in [2.45, 2.75) is 6.92 Å². The van der Waals surface area contributed by atoms with Crippen molar-refractivity contribution in [1.82, 2.24) is 29.9 Å². The molecule has 152 valence electrons. The average molecular weight is 396 g/mol. The van der Waals surface area contributed by atoms with Gasteiger partial charge in [-0.15, -0.1) is 5.10 Å². The van der Waals surface area contributed by atoms with Crippen molar-refractivity contribution >= 4 is 28.6 Å². The smallest absolute Gasteiger partial charge is 0.238 e. The zero-order valence-corrected chi connectivity index (χ0v) is 16.6. The Labute approximate surface area is 168 Å². The Balaban J connectivity index is 1.35. The Morgan fingerprint density at radius 1 is 1.17 bits per heavy atom. The van der Waals surface area contributed by atoms with Gasteiger partial charge >= 0.3 is 0 Å². The molecule has 1 aliphatic rings. The Bertz CT molecular complexity index is 997. The molecule has 4 rings (SSSR count). The third-order valence-corrected chi connectivity index (χ3v) is 4.87. The van der Waals surface area contributed by atoms with Crippen molar-refractivity contribution in [2.75, 3.05) is 49.5 Å². The predicted octanol–water partition coefficient (Wildman–Crippen LogP) is 0.918. The number of carbonyl (C=O) groups excluding carboxylic acids is 1. The van der Waals surface area contributed by atoms with E-state index in [1.165, 1.54) is 6.33 Å². The molecule has 1 aliphatic heterocycles. The van der Waals surface area contributed by atoms with Crippen LogP contribution in [0, 0.1) is 0 Å². The maximum absolute atomic E-state index is 12.5. The molecule has 0 aliphatic carbocycles. The molecule has 10 nitrogen and oxygen atoms in total. The number of aryl methyl sites for hydroxylation is 1. The van der Waals surface area contributed by atoms with Gasteiger partial charge in [0.1, 0.15) is 12.1 Å². The number of fused-ring (bicyclic) bond motifs is 1. The van der Waals surface area contributed by atoms with Crippen LogP contribution < -0.4 is 15.0 Å². The Hall–Kier alpha value is -3.27. The Morgan fingerprint density at radius 3 is 2.76 bits per heavy atom. The van der Waals surface area contributed by atoms with Crippen molar-refractivity contribution in [3.05, 3.63) is 30.6 Å². The lowest BCUT2D eigenvalue weighted by Crippen LogP contribution is -2.49. The summed E-state index contributed by atoms with van der Waals surface area (Å²) in [5.41, 5.74) is 2.11. The largest absolute Gasteiger partial charge is 0.492 e. The molecule has 0 atom stereocenters. The Morgan fingerprint density at radius 2 is 1.97 bits per heavy atom. The van der Waals surface area contributed by atoms with E-state index in [2.05, 4.69) is 35.4 Å². The van der Waals surface area contributed by atoms with E-state index in [1.807, 2.05) is 38.2 Å². The number of amides is 1. The van der Waals surface area contributed by atoms with Crippen LogP contribution >= 0.6 is 0 Å². The molecule has 3 aromatic rings. The third kappa shape index (κ3) is 4.11. The van der Waals surface area contributed by atoms with E-state index >= 15 is 0 Å². The average Bonchev–Trinajstić information content (AvgIpc) is 3.11. The first kappa shape index (κ1) is 19.1. The SMILES string of the molecule is CCOc1ccccc1NC(=O)CN1CCN(c2ncnc3c2nnn3C)CC1. The first-order chi connectivity index (χ1) is 14.2. The van der Waals surface area contributed by atoms with Gasteiger partial charge in [0.25, 0.3) is 0 Å². The minimum absolute atomic E-state index is 0.0519. The van der Waals surface area contributed by atoms with E-state index in [9.17, 15) is 4.79 Å². The quantitative estimate of drug-likeness (QED) is 0.656. The van der Waals surface area contributed by atoms with E-state index in [4.69, 9.17) is 4.74 Å². The number of benzene rings is 1. The van der Waals surface area contributed by atoms with E-state index < -0.39 is 0 Å². The zero-order valence-electron chi connectivity index (χ0n) is 16.6. The summed E-state index contributed by atoms with van der Waals surface area (Å²) in [6.45, 7) is 5.83. The van der Waals surface area contributed by atoms with Crippen molar-refractivity contribution in [2.24, 2.45) is 7.05 Å². The van der Waals surface area contributed by atoms with Gasteiger partial charge in [-0.3, -0.25) is 9.69 Å². The summed E-state index contributed by atoms with van der Waals surface area (Å²) in [7, 11) is 1.81. The third-order valence-electron chi connectivity index (χ3n) is 4.87. The number of ether oxygens (including phenoxy) is 1. The van der Waals surface area contributed by atoms with Crippen LogP contribution in [0.2, 0.25) is 0 Å². The standard InChI is InChI=1S/C19H24N8O2/c1-3-29-15-7-5-4-6-14(15)22-16(28)12-26-8-10-27(11-9-26)19-17-18(20-13-21-19)25(2)24-23-17/h4-7,13H,3,8-12H2,1-2H3,(H,22,28). The van der Waals surface area contributed by atoms with Gasteiger partial charge < -0.3 is 15.0 Å². The van der Waals surface area contributed by atoms with Crippen LogP contribution in [0.3, 0.4) is 0 Å². The topological polar surface area (TPSA) is 101 Å². The first-order valence-corrected chi connectivity index (χ1v) is 9.65. The van der Waals surface area contributed by atoms with E-state index in [1.54, 1.807) is 4.68 Å². The molecule has 1 amide bonds. The molecule has 2 aromatic heterocycles. The molecule has 0 radical (unpaired) electrons. The highest BCUT2D eigenvalue weighted by Gasteiger charge is 2.23. The number of carbonyl (C=O) groups is 1. The number of hydrogen-bond acceptors (Lipinski definition) is 8. The van der Waals surface area contributed by atoms with E-state index in [0.717, 1.165) is 32.0 Å². The minimum Gasteiger partial charge on any atom is -0.492 e. The molecule has 0 bridgehead atoms. The lowest BCUT2D eigenvalue weighted by molar-refractivity contribution is -0.117. The van der Waals surface area contributed by atoms with Crippen LogP contribution in [0.5, 0.6) is 5.75 Å². The number of rotatable bonds is 6. The first-order valence-electron chi connectivity index (χ1n) is 9.65. The van der Waals surface area contributed by atoms with Crippen LogP contribution in [0.15, 0.2) is 30.6 Å². The lowest BCUT2D eigenvalue weighted by Gasteiger charge is -2.34. The molecule has 0 spiro atoms. The number of piperazine rings is 1. The van der Waals surface area contributed by atoms with Crippen LogP contribution in [0.25, 0.3) is 11.2 Å². The molecule has 1 aromatic carbocycles. The summed E-state index contributed by atoms with van der Waals surface area (Å²) in [6, 6.07) is 7.47. The molecule has 0 unspecified atom stereocenters. The number of anilines is 2. The maximum Gasteiger partial charge on any atom is 0.238 e. The van der Waals surface area contributed by atoms with Crippen LogP contribution in [-0.4, -0.2) is 75.1 Å². The van der Waals surface area contributed by atoms with Crippen molar-refractivity contribution in [3.8, 4) is 5.75 Å². The number of hydrogen-bond donors (Lipinski definition) is 1. The molecule has 3 heterocycles. The summed E-state index contributed by atoms with van der Waals surface area (Å²) in [5, 5.41) is 11.2. The molecular weight excluding hydrogens is 372 g/mol. The summed E-state index contributed by atoms with van der Waals surface area (Å²) in [5.74, 6) is 1.42. The lowest BCUT2D eigenvalue weighted by atomic mass is 10.2. The van der Waals surface area contributed by atoms with Gasteiger partial charge in [0.05, 0.1) is 18.8 Å². The van der Waals surface area contributed by atoms with Gasteiger partial charge in [-0.1, -0.05) is 17.3 Å². The highest BCUT2D eigenvalue weighted by atomic mass is 16.5. The van der Waals surface area contributed by atoms with Gasteiger partial charge in [0.15, 0.2) is 17.0 Å². The molecule has 10 heteroatoms. The summed E-state index contributed by atoms with van der Waals surface area (Å²) in [4.78, 5) is 25.4. The van der Waals surface area contributed by atoms with Crippen molar-refractivity contribution < 1.29 is 9.53 Å². The molecule has 29 heavy (non-hydrogen) atoms. The minimum atomic E-state index is -0.0519. The van der Waals surface area contributed by atoms with Gasteiger partial charge in [0, 0.05) is 33.2 Å². The molecule has 1 saturated heterocycles. The van der Waals surface area contributed by atoms with Crippen molar-refractivity contribution in [3.63, 3.8) is 0 Å². The number of aromatic nitrogens is 5. The van der Waals surface area contributed by atoms with Gasteiger partial charge in [-0.05, 0) is 19.1 Å². The molecular formula is C19H24N8O2. The van der Waals surface area contributed by atoms with Gasteiger partial charge in [-0.2, -0.15) is 0 Å². The fourth-order valence-corrected chi connectivity index (χ4v) is 3.43. The molecule has 1 N–H and O–H groups in total. The second-order valence-electron chi connectivity index (χ2n) is 6.82. The monoisotopic (exact) mass is 396 g/mol. The number of para-hydroxylation sites is 2. The second kappa shape index (κ2) is 8.39. The van der Waals surface area contributed by atoms with E-state index in [-0.39, 0.29) is 5.91 Å². The molecule has 0 saturated carbocycles. The van der Waals surface area contributed by atoms with E-state index in [0.29, 0.717) is 35.8 Å². The maximum atomic E-state index is 12.5. The highest BCUT2D eigenvalue weighted by molar-refractivity contribution is 5.93. The fraction of sp³-hybridized carbons (Fsp3) is 0.421. The van der Waals surface area contributed by atoms with Crippen LogP contribution in [-0.2, 0) is 11.8 Å². The molecule has 1 fully saturated rings. The van der Waals surface area contributed by atoms with Crippen LogP contribution in [0.1, 0.15) is 6.92 Å². The Kier molecular flexibility index (Phi) is 5.52. The van der Waals surface area contributed by atoms with Gasteiger partial charge in [0.2, 0.25) is 5.91 Å². The highest BCUT2D eigenvalue weighted by Crippen LogP contribution is 2.24. The number of nitrogens with zero attached hydrogens (tertiary/aromatic N) is 7. The second-order valence-corrected chi connectivity index (χ2v) is 6.82. The predicted molar refractivity (Wildman–Crippen MR) is 109 cm³/mol. The summed E-state index contributed by atoms with van der Waals surface area (Å²) < 4.78 is 7.21. The zero-order chi connectivity index (χ0) is 20.2. The van der Waals surface area contributed by atoms with Gasteiger partial charge in [-0.25, -0.2) is 14.6 Å². The normalized spacial score (nSPS) is 14.9. The number of nitrogens with one attached hydrogen (secondary N) is 1. The summed E-state index contributed by atoms with van der Waals surface area (Å²) in [6.07, 6.45) is 1.54. The fourth-order valence-electron chi connectivity index (χ4n) is 3.43. The van der Waals surface area contributed by atoms with Crippen LogP contribution in [0.4, 0.5) is 11.5 Å².